The van der Waals surface area contributed by atoms with Crippen molar-refractivity contribution >= 4 is 60.6 Å². The van der Waals surface area contributed by atoms with Crippen molar-refractivity contribution in [1.29, 1.82) is 0 Å². The summed E-state index contributed by atoms with van der Waals surface area (Å²) >= 11 is 17.1. The van der Waals surface area contributed by atoms with Gasteiger partial charge in [-0.05, 0) is 12.1 Å². The second-order valence-electron chi connectivity index (χ2n) is 2.60. The van der Waals surface area contributed by atoms with Crippen LogP contribution in [-0.2, 0) is 5.33 Å². The van der Waals surface area contributed by atoms with Crippen LogP contribution < -0.4 is 0 Å². The highest BCUT2D eigenvalue weighted by molar-refractivity contribution is 9.08. The third kappa shape index (κ3) is 1.61. The number of fused-ring (bicyclic) bond motifs is 1. The van der Waals surface area contributed by atoms with Crippen molar-refractivity contribution in [3.8, 4) is 0 Å². The Kier molecular flexibility index (Phi) is 2.84. The standard InChI is InChI=1S/C9H5BrCl2S/c10-4-5-8-6(11)2-1-3-7(8)13-9(5)12/h1-3H,4H2. The third-order valence-corrected chi connectivity index (χ3v) is 4.17. The Hall–Kier alpha value is 0.240. The molecule has 0 nitrogen and oxygen atoms in total. The molecular formula is C9H5BrCl2S. The van der Waals surface area contributed by atoms with Gasteiger partial charge in [-0.25, -0.2) is 0 Å². The lowest BCUT2D eigenvalue weighted by atomic mass is 10.2. The smallest absolute Gasteiger partial charge is 0.0981 e. The Morgan fingerprint density at radius 1 is 1.31 bits per heavy atom. The molecule has 2 rings (SSSR count). The van der Waals surface area contributed by atoms with Crippen molar-refractivity contribution in [2.45, 2.75) is 5.33 Å². The van der Waals surface area contributed by atoms with Crippen LogP contribution >= 0.6 is 50.5 Å². The van der Waals surface area contributed by atoms with Crippen LogP contribution in [0.15, 0.2) is 18.2 Å². The Morgan fingerprint density at radius 3 is 2.77 bits per heavy atom. The van der Waals surface area contributed by atoms with E-state index in [1.54, 1.807) is 11.3 Å². The summed E-state index contributed by atoms with van der Waals surface area (Å²) in [6, 6.07) is 5.86. The van der Waals surface area contributed by atoms with Crippen LogP contribution in [0, 0.1) is 0 Å². The monoisotopic (exact) mass is 294 g/mol. The van der Waals surface area contributed by atoms with Gasteiger partial charge in [0, 0.05) is 26.0 Å². The summed E-state index contributed by atoms with van der Waals surface area (Å²) in [6.07, 6.45) is 0. The highest BCUT2D eigenvalue weighted by Gasteiger charge is 2.11. The van der Waals surface area contributed by atoms with Gasteiger partial charge in [0.05, 0.1) is 4.34 Å². The first-order valence-corrected chi connectivity index (χ1v) is 6.34. The van der Waals surface area contributed by atoms with Crippen molar-refractivity contribution in [1.82, 2.24) is 0 Å². The molecule has 0 radical (unpaired) electrons. The number of hydrogen-bond acceptors (Lipinski definition) is 1. The van der Waals surface area contributed by atoms with E-state index < -0.39 is 0 Å². The molecule has 0 aliphatic carbocycles. The predicted octanol–water partition coefficient (Wildman–Crippen LogP) is 5.10. The largest absolute Gasteiger partial charge is 0.123 e. The molecule has 1 aromatic carbocycles. The predicted molar refractivity (Wildman–Crippen MR) is 64.5 cm³/mol. The van der Waals surface area contributed by atoms with Gasteiger partial charge in [0.2, 0.25) is 0 Å². The Balaban J connectivity index is 2.88. The third-order valence-electron chi connectivity index (χ3n) is 1.85. The van der Waals surface area contributed by atoms with Gasteiger partial charge in [-0.2, -0.15) is 0 Å². The van der Waals surface area contributed by atoms with Crippen LogP contribution in [0.4, 0.5) is 0 Å². The number of thiophene rings is 1. The molecule has 0 aliphatic heterocycles. The number of halogens is 3. The zero-order valence-corrected chi connectivity index (χ0v) is 10.4. The molecule has 0 bridgehead atoms. The lowest BCUT2D eigenvalue weighted by Gasteiger charge is -1.96. The molecule has 0 saturated carbocycles. The van der Waals surface area contributed by atoms with Gasteiger partial charge >= 0.3 is 0 Å². The quantitative estimate of drug-likeness (QED) is 0.642. The summed E-state index contributed by atoms with van der Waals surface area (Å²) in [5.41, 5.74) is 1.09. The SMILES string of the molecule is Clc1sc2cccc(Cl)c2c1CBr. The average Bonchev–Trinajstić information content (AvgIpc) is 2.42. The van der Waals surface area contributed by atoms with Crippen molar-refractivity contribution in [3.63, 3.8) is 0 Å². The van der Waals surface area contributed by atoms with Crippen molar-refractivity contribution < 1.29 is 0 Å². The molecule has 1 aromatic heterocycles. The average molecular weight is 296 g/mol. The van der Waals surface area contributed by atoms with Gasteiger partial charge < -0.3 is 0 Å². The Morgan fingerprint density at radius 2 is 2.08 bits per heavy atom. The summed E-state index contributed by atoms with van der Waals surface area (Å²) in [5.74, 6) is 0. The van der Waals surface area contributed by atoms with Crippen LogP contribution in [0.5, 0.6) is 0 Å². The minimum absolute atomic E-state index is 0.746. The Bertz CT molecular complexity index is 450. The molecule has 2 aromatic rings. The maximum absolute atomic E-state index is 6.08. The second kappa shape index (κ2) is 3.77. The lowest BCUT2D eigenvalue weighted by molar-refractivity contribution is 1.54. The minimum Gasteiger partial charge on any atom is -0.123 e. The molecule has 13 heavy (non-hydrogen) atoms. The van der Waals surface area contributed by atoms with Gasteiger partial charge in [-0.3, -0.25) is 0 Å². The van der Waals surface area contributed by atoms with E-state index in [4.69, 9.17) is 23.2 Å². The van der Waals surface area contributed by atoms with Gasteiger partial charge in [-0.1, -0.05) is 45.2 Å². The fraction of sp³-hybridized carbons (Fsp3) is 0.111. The number of benzene rings is 1. The molecule has 0 N–H and O–H groups in total. The molecule has 0 saturated heterocycles. The maximum Gasteiger partial charge on any atom is 0.0981 e. The van der Waals surface area contributed by atoms with Crippen LogP contribution in [0.25, 0.3) is 10.1 Å². The number of alkyl halides is 1. The molecule has 0 unspecified atom stereocenters. The first-order valence-electron chi connectivity index (χ1n) is 3.65. The van der Waals surface area contributed by atoms with E-state index in [0.29, 0.717) is 0 Å². The Labute approximate surface area is 98.6 Å². The highest BCUT2D eigenvalue weighted by Crippen LogP contribution is 2.39. The molecular weight excluding hydrogens is 291 g/mol. The summed E-state index contributed by atoms with van der Waals surface area (Å²) < 4.78 is 1.96. The van der Waals surface area contributed by atoms with Crippen molar-refractivity contribution in [3.05, 3.63) is 33.1 Å². The van der Waals surface area contributed by atoms with Gasteiger partial charge in [0.25, 0.3) is 0 Å². The van der Waals surface area contributed by atoms with Gasteiger partial charge in [0.1, 0.15) is 0 Å². The minimum atomic E-state index is 0.746. The fourth-order valence-corrected chi connectivity index (χ4v) is 3.89. The van der Waals surface area contributed by atoms with E-state index in [9.17, 15) is 0 Å². The van der Waals surface area contributed by atoms with Crippen LogP contribution in [0.3, 0.4) is 0 Å². The normalized spacial score (nSPS) is 11.0. The molecule has 0 spiro atoms. The van der Waals surface area contributed by atoms with Crippen LogP contribution in [0.2, 0.25) is 9.36 Å². The molecule has 0 amide bonds. The molecule has 4 heteroatoms. The first kappa shape index (κ1) is 9.78. The molecule has 0 aliphatic rings. The lowest BCUT2D eigenvalue weighted by Crippen LogP contribution is -1.75. The zero-order chi connectivity index (χ0) is 9.42. The molecule has 0 fully saturated rings. The van der Waals surface area contributed by atoms with E-state index >= 15 is 0 Å². The topological polar surface area (TPSA) is 0 Å². The van der Waals surface area contributed by atoms with Crippen molar-refractivity contribution in [2.75, 3.05) is 0 Å². The first-order chi connectivity index (χ1) is 6.24. The van der Waals surface area contributed by atoms with Crippen LogP contribution in [0.1, 0.15) is 5.56 Å². The summed E-state index contributed by atoms with van der Waals surface area (Å²) in [6.45, 7) is 0. The van der Waals surface area contributed by atoms with E-state index in [0.717, 1.165) is 30.3 Å². The zero-order valence-electron chi connectivity index (χ0n) is 6.48. The van der Waals surface area contributed by atoms with E-state index in [-0.39, 0.29) is 0 Å². The highest BCUT2D eigenvalue weighted by atomic mass is 79.9. The van der Waals surface area contributed by atoms with E-state index in [1.165, 1.54) is 0 Å². The van der Waals surface area contributed by atoms with E-state index in [2.05, 4.69) is 15.9 Å². The van der Waals surface area contributed by atoms with Crippen molar-refractivity contribution in [2.24, 2.45) is 0 Å². The number of hydrogen-bond donors (Lipinski definition) is 0. The fourth-order valence-electron chi connectivity index (χ4n) is 1.26. The number of rotatable bonds is 1. The van der Waals surface area contributed by atoms with Crippen LogP contribution in [-0.4, -0.2) is 0 Å². The van der Waals surface area contributed by atoms with Gasteiger partial charge in [0.15, 0.2) is 0 Å². The molecule has 0 atom stereocenters. The summed E-state index contributed by atoms with van der Waals surface area (Å²) in [7, 11) is 0. The molecule has 1 heterocycles. The summed E-state index contributed by atoms with van der Waals surface area (Å²) in [5, 5.41) is 2.60. The van der Waals surface area contributed by atoms with E-state index in [1.807, 2.05) is 18.2 Å². The second-order valence-corrected chi connectivity index (χ2v) is 5.22. The summed E-state index contributed by atoms with van der Waals surface area (Å²) in [4.78, 5) is 0. The molecule has 68 valence electrons. The maximum atomic E-state index is 6.08. The van der Waals surface area contributed by atoms with Gasteiger partial charge in [-0.15, -0.1) is 11.3 Å².